The van der Waals surface area contributed by atoms with Crippen LogP contribution in [-0.4, -0.2) is 27.3 Å². The lowest BCUT2D eigenvalue weighted by Gasteiger charge is -2.06. The Morgan fingerprint density at radius 2 is 1.86 bits per heavy atom. The summed E-state index contributed by atoms with van der Waals surface area (Å²) in [6, 6.07) is 8.27. The summed E-state index contributed by atoms with van der Waals surface area (Å²) in [7, 11) is 0. The van der Waals surface area contributed by atoms with E-state index in [-0.39, 0.29) is 23.5 Å². The average molecular weight is 288 g/mol. The Balaban J connectivity index is 1.87. The zero-order valence-electron chi connectivity index (χ0n) is 10.8. The Labute approximate surface area is 118 Å². The minimum atomic E-state index is -1.00. The minimum Gasteiger partial charge on any atom is -0.478 e. The molecule has 0 radical (unpaired) electrons. The van der Waals surface area contributed by atoms with Gasteiger partial charge in [-0.1, -0.05) is 12.1 Å². The van der Waals surface area contributed by atoms with Crippen LogP contribution in [0.25, 0.3) is 0 Å². The standard InChI is InChI=1S/C13H12N4O4/c18-11-6-5-10(16-17-11)15-13(21)14-7-8-1-3-9(4-2-8)12(19)20/h1-6H,7H2,(H,17,18)(H,19,20)(H2,14,15,16,21). The molecule has 0 aliphatic carbocycles. The molecular formula is C13H12N4O4. The molecular weight excluding hydrogens is 276 g/mol. The van der Waals surface area contributed by atoms with Crippen LogP contribution in [0.15, 0.2) is 41.2 Å². The number of carboxylic acid groups (broad SMARTS) is 1. The Morgan fingerprint density at radius 1 is 1.14 bits per heavy atom. The maximum atomic E-state index is 11.6. The van der Waals surface area contributed by atoms with Gasteiger partial charge in [0.1, 0.15) is 0 Å². The minimum absolute atomic E-state index is 0.181. The third kappa shape index (κ3) is 4.16. The van der Waals surface area contributed by atoms with E-state index in [4.69, 9.17) is 5.11 Å². The van der Waals surface area contributed by atoms with Gasteiger partial charge in [-0.3, -0.25) is 10.1 Å². The number of benzene rings is 1. The number of nitrogens with zero attached hydrogens (tertiary/aromatic N) is 1. The van der Waals surface area contributed by atoms with E-state index >= 15 is 0 Å². The van der Waals surface area contributed by atoms with Crippen molar-refractivity contribution in [3.8, 4) is 0 Å². The maximum Gasteiger partial charge on any atom is 0.335 e. The first-order chi connectivity index (χ1) is 10.0. The zero-order valence-corrected chi connectivity index (χ0v) is 10.8. The van der Waals surface area contributed by atoms with E-state index in [0.29, 0.717) is 0 Å². The lowest BCUT2D eigenvalue weighted by molar-refractivity contribution is 0.0697. The van der Waals surface area contributed by atoms with Gasteiger partial charge in [-0.05, 0) is 23.8 Å². The SMILES string of the molecule is O=C(NCc1ccc(C(=O)O)cc1)Nc1ccc(=O)[nH]n1. The number of nitrogens with one attached hydrogen (secondary N) is 3. The van der Waals surface area contributed by atoms with Gasteiger partial charge in [0.15, 0.2) is 5.82 Å². The van der Waals surface area contributed by atoms with Gasteiger partial charge in [-0.25, -0.2) is 14.7 Å². The number of carboxylic acids is 1. The average Bonchev–Trinajstić information content (AvgIpc) is 2.48. The summed E-state index contributed by atoms with van der Waals surface area (Å²) in [5.41, 5.74) is 0.574. The van der Waals surface area contributed by atoms with Crippen LogP contribution in [0.3, 0.4) is 0 Å². The van der Waals surface area contributed by atoms with Crippen molar-refractivity contribution < 1.29 is 14.7 Å². The first-order valence-corrected chi connectivity index (χ1v) is 5.97. The largest absolute Gasteiger partial charge is 0.478 e. The quantitative estimate of drug-likeness (QED) is 0.662. The summed E-state index contributed by atoms with van der Waals surface area (Å²) >= 11 is 0. The first kappa shape index (κ1) is 14.3. The third-order valence-electron chi connectivity index (χ3n) is 2.57. The fourth-order valence-corrected chi connectivity index (χ4v) is 1.52. The highest BCUT2D eigenvalue weighted by atomic mass is 16.4. The molecule has 0 unspecified atom stereocenters. The van der Waals surface area contributed by atoms with E-state index in [1.807, 2.05) is 0 Å². The third-order valence-corrected chi connectivity index (χ3v) is 2.57. The Bertz CT molecular complexity index is 688. The molecule has 1 aromatic heterocycles. The number of rotatable bonds is 4. The monoisotopic (exact) mass is 288 g/mol. The van der Waals surface area contributed by atoms with Crippen LogP contribution in [-0.2, 0) is 6.54 Å². The van der Waals surface area contributed by atoms with Crippen molar-refractivity contribution in [2.75, 3.05) is 5.32 Å². The van der Waals surface area contributed by atoms with Gasteiger partial charge in [-0.2, -0.15) is 5.10 Å². The fraction of sp³-hybridized carbons (Fsp3) is 0.0769. The second-order valence-corrected chi connectivity index (χ2v) is 4.12. The fourth-order valence-electron chi connectivity index (χ4n) is 1.52. The highest BCUT2D eigenvalue weighted by Gasteiger charge is 2.04. The molecule has 2 rings (SSSR count). The van der Waals surface area contributed by atoms with Crippen LogP contribution in [0.4, 0.5) is 10.6 Å². The molecule has 2 amide bonds. The lowest BCUT2D eigenvalue weighted by Crippen LogP contribution is -2.29. The molecule has 21 heavy (non-hydrogen) atoms. The number of aromatic amines is 1. The number of aromatic carboxylic acids is 1. The molecule has 0 bridgehead atoms. The number of carbonyl (C=O) groups is 2. The number of hydrogen-bond acceptors (Lipinski definition) is 4. The predicted molar refractivity (Wildman–Crippen MR) is 74.1 cm³/mol. The number of aromatic nitrogens is 2. The van der Waals surface area contributed by atoms with E-state index < -0.39 is 12.0 Å². The summed E-state index contributed by atoms with van der Waals surface area (Å²) in [4.78, 5) is 33.1. The molecule has 0 spiro atoms. The predicted octanol–water partition coefficient (Wildman–Crippen LogP) is 0.790. The summed E-state index contributed by atoms with van der Waals surface area (Å²) in [6.07, 6.45) is 0. The molecule has 1 aromatic carbocycles. The van der Waals surface area contributed by atoms with Gasteiger partial charge in [0.25, 0.3) is 5.56 Å². The normalized spacial score (nSPS) is 9.90. The van der Waals surface area contributed by atoms with Gasteiger partial charge in [-0.15, -0.1) is 0 Å². The van der Waals surface area contributed by atoms with E-state index in [0.717, 1.165) is 5.56 Å². The van der Waals surface area contributed by atoms with Crippen molar-refractivity contribution >= 4 is 17.8 Å². The molecule has 0 aliphatic heterocycles. The van der Waals surface area contributed by atoms with Gasteiger partial charge < -0.3 is 10.4 Å². The Kier molecular flexibility index (Phi) is 4.30. The second kappa shape index (κ2) is 6.33. The molecule has 0 saturated carbocycles. The van der Waals surface area contributed by atoms with Crippen molar-refractivity contribution in [3.63, 3.8) is 0 Å². The van der Waals surface area contributed by atoms with Crippen molar-refractivity contribution in [3.05, 3.63) is 57.9 Å². The number of carbonyl (C=O) groups excluding carboxylic acids is 1. The zero-order chi connectivity index (χ0) is 15.2. The molecule has 0 saturated heterocycles. The van der Waals surface area contributed by atoms with E-state index in [1.54, 1.807) is 12.1 Å². The number of hydrogen-bond donors (Lipinski definition) is 4. The van der Waals surface area contributed by atoms with Crippen LogP contribution in [0.2, 0.25) is 0 Å². The van der Waals surface area contributed by atoms with Crippen LogP contribution >= 0.6 is 0 Å². The van der Waals surface area contributed by atoms with E-state index in [1.165, 1.54) is 24.3 Å². The van der Waals surface area contributed by atoms with Gasteiger partial charge in [0, 0.05) is 12.6 Å². The van der Waals surface area contributed by atoms with Crippen LogP contribution in [0.5, 0.6) is 0 Å². The molecule has 8 heteroatoms. The van der Waals surface area contributed by atoms with Crippen molar-refractivity contribution in [1.29, 1.82) is 0 Å². The summed E-state index contributed by atoms with van der Waals surface area (Å²) in [6.45, 7) is 0.231. The summed E-state index contributed by atoms with van der Waals surface area (Å²) in [5.74, 6) is -0.787. The lowest BCUT2D eigenvalue weighted by atomic mass is 10.1. The highest BCUT2D eigenvalue weighted by molar-refractivity contribution is 5.88. The molecule has 108 valence electrons. The molecule has 0 atom stereocenters. The molecule has 0 fully saturated rings. The van der Waals surface area contributed by atoms with Gasteiger partial charge in [0.2, 0.25) is 0 Å². The summed E-state index contributed by atoms with van der Waals surface area (Å²) < 4.78 is 0. The van der Waals surface area contributed by atoms with Crippen molar-refractivity contribution in [1.82, 2.24) is 15.5 Å². The topological polar surface area (TPSA) is 124 Å². The molecule has 2 aromatic rings. The van der Waals surface area contributed by atoms with Crippen LogP contribution in [0.1, 0.15) is 15.9 Å². The molecule has 8 nitrogen and oxygen atoms in total. The van der Waals surface area contributed by atoms with E-state index in [2.05, 4.69) is 20.8 Å². The van der Waals surface area contributed by atoms with Crippen LogP contribution in [0, 0.1) is 0 Å². The molecule has 0 aliphatic rings. The molecule has 4 N–H and O–H groups in total. The maximum absolute atomic E-state index is 11.6. The smallest absolute Gasteiger partial charge is 0.335 e. The van der Waals surface area contributed by atoms with Crippen LogP contribution < -0.4 is 16.2 Å². The number of urea groups is 1. The van der Waals surface area contributed by atoms with Gasteiger partial charge in [0.05, 0.1) is 5.56 Å². The Hall–Kier alpha value is -3.16. The van der Waals surface area contributed by atoms with Crippen molar-refractivity contribution in [2.24, 2.45) is 0 Å². The second-order valence-electron chi connectivity index (χ2n) is 4.12. The number of anilines is 1. The molecule has 1 heterocycles. The number of H-pyrrole nitrogens is 1. The Morgan fingerprint density at radius 3 is 2.43 bits per heavy atom. The van der Waals surface area contributed by atoms with Crippen molar-refractivity contribution in [2.45, 2.75) is 6.54 Å². The number of amides is 2. The van der Waals surface area contributed by atoms with E-state index in [9.17, 15) is 14.4 Å². The summed E-state index contributed by atoms with van der Waals surface area (Å²) in [5, 5.41) is 19.6. The van der Waals surface area contributed by atoms with Gasteiger partial charge >= 0.3 is 12.0 Å². The highest BCUT2D eigenvalue weighted by Crippen LogP contribution is 2.04. The first-order valence-electron chi connectivity index (χ1n) is 5.97.